The molecule has 0 bridgehead atoms. The zero-order valence-electron chi connectivity index (χ0n) is 10.3. The summed E-state index contributed by atoms with van der Waals surface area (Å²) in [4.78, 5) is 11.6. The second-order valence-corrected chi connectivity index (χ2v) is 3.71. The van der Waals surface area contributed by atoms with Crippen LogP contribution in [0.3, 0.4) is 0 Å². The van der Waals surface area contributed by atoms with Crippen molar-refractivity contribution in [1.29, 1.82) is 0 Å². The van der Waals surface area contributed by atoms with Gasteiger partial charge in [-0.1, -0.05) is 0 Å². The van der Waals surface area contributed by atoms with E-state index in [9.17, 15) is 18.0 Å². The van der Waals surface area contributed by atoms with Crippen molar-refractivity contribution >= 4 is 11.6 Å². The Labute approximate surface area is 107 Å². The molecule has 0 aliphatic rings. The zero-order valence-corrected chi connectivity index (χ0v) is 10.3. The fraction of sp³-hybridized carbons (Fsp3) is 0.600. The molecule has 0 radical (unpaired) electrons. The van der Waals surface area contributed by atoms with Crippen LogP contribution in [0, 0.1) is 0 Å². The second-order valence-electron chi connectivity index (χ2n) is 3.71. The number of carbonyl (C=O) groups excluding carboxylic acids is 1. The van der Waals surface area contributed by atoms with Gasteiger partial charge in [-0.3, -0.25) is 9.48 Å². The van der Waals surface area contributed by atoms with Crippen LogP contribution in [0.15, 0.2) is 6.20 Å². The lowest BCUT2D eigenvalue weighted by molar-refractivity contribution is -0.173. The number of anilines is 1. The molecule has 0 aliphatic carbocycles. The fourth-order valence-corrected chi connectivity index (χ4v) is 1.28. The van der Waals surface area contributed by atoms with Crippen molar-refractivity contribution in [2.75, 3.05) is 25.5 Å². The van der Waals surface area contributed by atoms with E-state index in [0.29, 0.717) is 6.54 Å². The highest BCUT2D eigenvalue weighted by atomic mass is 19.4. The van der Waals surface area contributed by atoms with Gasteiger partial charge in [-0.2, -0.15) is 18.3 Å². The quantitative estimate of drug-likeness (QED) is 0.755. The minimum absolute atomic E-state index is 0.0483. The summed E-state index contributed by atoms with van der Waals surface area (Å²) < 4.78 is 41.1. The number of nitrogens with two attached hydrogens (primary N) is 1. The molecule has 1 aromatic rings. The number of nitrogens with one attached hydrogen (secondary N) is 1. The van der Waals surface area contributed by atoms with Gasteiger partial charge < -0.3 is 15.8 Å². The molecule has 19 heavy (non-hydrogen) atoms. The van der Waals surface area contributed by atoms with Gasteiger partial charge in [0.15, 0.2) is 5.69 Å². The highest BCUT2D eigenvalue weighted by Crippen LogP contribution is 2.14. The van der Waals surface area contributed by atoms with E-state index in [0.717, 1.165) is 0 Å². The third-order valence-corrected chi connectivity index (χ3v) is 2.13. The van der Waals surface area contributed by atoms with E-state index in [1.54, 1.807) is 0 Å². The number of halogens is 3. The van der Waals surface area contributed by atoms with E-state index < -0.39 is 18.7 Å². The summed E-state index contributed by atoms with van der Waals surface area (Å²) in [5.41, 5.74) is 5.85. The van der Waals surface area contributed by atoms with Crippen molar-refractivity contribution in [2.45, 2.75) is 19.6 Å². The lowest BCUT2D eigenvalue weighted by Gasteiger charge is -2.08. The Morgan fingerprint density at radius 2 is 2.26 bits per heavy atom. The van der Waals surface area contributed by atoms with Gasteiger partial charge in [-0.15, -0.1) is 0 Å². The molecule has 9 heteroatoms. The maximum Gasteiger partial charge on any atom is 0.411 e. The minimum Gasteiger partial charge on any atom is -0.396 e. The molecule has 1 aromatic heterocycles. The maximum atomic E-state index is 11.8. The third-order valence-electron chi connectivity index (χ3n) is 2.13. The van der Waals surface area contributed by atoms with Crippen molar-refractivity contribution < 1.29 is 22.7 Å². The standard InChI is InChI=1S/C10H15F3N4O2/c1-2-17-5-7(14)8(16-17)9(18)15-3-4-19-6-10(11,12)13/h5H,2-4,6,14H2,1H3,(H,15,18). The summed E-state index contributed by atoms with van der Waals surface area (Å²) >= 11 is 0. The Morgan fingerprint density at radius 1 is 1.58 bits per heavy atom. The summed E-state index contributed by atoms with van der Waals surface area (Å²) in [6, 6.07) is 0. The van der Waals surface area contributed by atoms with Gasteiger partial charge in [-0.25, -0.2) is 0 Å². The molecule has 1 amide bonds. The molecule has 0 saturated heterocycles. The number of alkyl halides is 3. The predicted octanol–water partition coefficient (Wildman–Crippen LogP) is 0.794. The first kappa shape index (κ1) is 15.3. The molecule has 1 rings (SSSR count). The van der Waals surface area contributed by atoms with Gasteiger partial charge in [0.2, 0.25) is 0 Å². The van der Waals surface area contributed by atoms with Gasteiger partial charge in [0, 0.05) is 19.3 Å². The molecule has 3 N–H and O–H groups in total. The number of hydrogen-bond donors (Lipinski definition) is 2. The van der Waals surface area contributed by atoms with Crippen LogP contribution in [-0.4, -0.2) is 41.6 Å². The summed E-state index contributed by atoms with van der Waals surface area (Å²) in [5, 5.41) is 6.30. The van der Waals surface area contributed by atoms with Crippen LogP contribution >= 0.6 is 0 Å². The van der Waals surface area contributed by atoms with Crippen LogP contribution in [0.4, 0.5) is 18.9 Å². The van der Waals surface area contributed by atoms with E-state index in [1.165, 1.54) is 10.9 Å². The highest BCUT2D eigenvalue weighted by Gasteiger charge is 2.27. The molecule has 6 nitrogen and oxygen atoms in total. The molecular weight excluding hydrogens is 265 g/mol. The minimum atomic E-state index is -4.37. The van der Waals surface area contributed by atoms with Crippen LogP contribution in [0.5, 0.6) is 0 Å². The SMILES string of the molecule is CCn1cc(N)c(C(=O)NCCOCC(F)(F)F)n1. The normalized spacial score (nSPS) is 11.6. The van der Waals surface area contributed by atoms with E-state index >= 15 is 0 Å². The fourth-order valence-electron chi connectivity index (χ4n) is 1.28. The Morgan fingerprint density at radius 3 is 2.79 bits per heavy atom. The topological polar surface area (TPSA) is 82.2 Å². The Bertz CT molecular complexity index is 431. The largest absolute Gasteiger partial charge is 0.411 e. The molecule has 0 aromatic carbocycles. The number of aryl methyl sites for hydroxylation is 1. The second kappa shape index (κ2) is 6.41. The third kappa shape index (κ3) is 5.16. The zero-order chi connectivity index (χ0) is 14.5. The summed E-state index contributed by atoms with van der Waals surface area (Å²) in [5.74, 6) is -0.541. The van der Waals surface area contributed by atoms with E-state index in [4.69, 9.17) is 5.73 Å². The summed E-state index contributed by atoms with van der Waals surface area (Å²) in [7, 11) is 0. The van der Waals surface area contributed by atoms with Gasteiger partial charge in [0.1, 0.15) is 6.61 Å². The number of aromatic nitrogens is 2. The molecule has 1 heterocycles. The number of rotatable bonds is 6. The first-order valence-corrected chi connectivity index (χ1v) is 5.59. The van der Waals surface area contributed by atoms with Crippen molar-refractivity contribution in [3.8, 4) is 0 Å². The first-order valence-electron chi connectivity index (χ1n) is 5.59. The van der Waals surface area contributed by atoms with Crippen LogP contribution < -0.4 is 11.1 Å². The highest BCUT2D eigenvalue weighted by molar-refractivity contribution is 5.96. The Hall–Kier alpha value is -1.77. The Kier molecular flexibility index (Phi) is 5.16. The van der Waals surface area contributed by atoms with Gasteiger partial charge in [0.05, 0.1) is 12.3 Å². The molecule has 0 unspecified atom stereocenters. The van der Waals surface area contributed by atoms with Crippen LogP contribution in [0.1, 0.15) is 17.4 Å². The summed E-state index contributed by atoms with van der Waals surface area (Å²) in [6.45, 7) is 0.772. The molecule has 0 aliphatic heterocycles. The monoisotopic (exact) mass is 280 g/mol. The van der Waals surface area contributed by atoms with Crippen molar-refractivity contribution in [2.24, 2.45) is 0 Å². The summed E-state index contributed by atoms with van der Waals surface area (Å²) in [6.07, 6.45) is -2.86. The molecule has 108 valence electrons. The van der Waals surface area contributed by atoms with Crippen LogP contribution in [0.2, 0.25) is 0 Å². The number of amides is 1. The average Bonchev–Trinajstić information content (AvgIpc) is 2.68. The van der Waals surface area contributed by atoms with Crippen LogP contribution in [0.25, 0.3) is 0 Å². The van der Waals surface area contributed by atoms with Gasteiger partial charge in [0.25, 0.3) is 5.91 Å². The first-order chi connectivity index (χ1) is 8.83. The maximum absolute atomic E-state index is 11.8. The number of carbonyl (C=O) groups is 1. The van der Waals surface area contributed by atoms with Gasteiger partial charge >= 0.3 is 6.18 Å². The molecular formula is C10H15F3N4O2. The van der Waals surface area contributed by atoms with Crippen LogP contribution in [-0.2, 0) is 11.3 Å². The molecule has 0 fully saturated rings. The van der Waals surface area contributed by atoms with Crippen molar-refractivity contribution in [3.63, 3.8) is 0 Å². The predicted molar refractivity (Wildman–Crippen MR) is 61.5 cm³/mol. The lowest BCUT2D eigenvalue weighted by atomic mass is 10.3. The van der Waals surface area contributed by atoms with E-state index in [1.807, 2.05) is 6.92 Å². The smallest absolute Gasteiger partial charge is 0.396 e. The van der Waals surface area contributed by atoms with E-state index in [-0.39, 0.29) is 24.5 Å². The number of nitrogens with zero attached hydrogens (tertiary/aromatic N) is 2. The van der Waals surface area contributed by atoms with Crippen molar-refractivity contribution in [1.82, 2.24) is 15.1 Å². The number of hydrogen-bond acceptors (Lipinski definition) is 4. The van der Waals surface area contributed by atoms with Gasteiger partial charge in [-0.05, 0) is 6.92 Å². The molecule has 0 spiro atoms. The van der Waals surface area contributed by atoms with E-state index in [2.05, 4.69) is 15.2 Å². The number of ether oxygens (including phenoxy) is 1. The average molecular weight is 280 g/mol. The lowest BCUT2D eigenvalue weighted by Crippen LogP contribution is -2.29. The molecule has 0 saturated carbocycles. The Balaban J connectivity index is 2.33. The van der Waals surface area contributed by atoms with Crippen molar-refractivity contribution in [3.05, 3.63) is 11.9 Å². The number of nitrogen functional groups attached to an aromatic ring is 1. The molecule has 0 atom stereocenters.